The Kier molecular flexibility index (Phi) is 6.54. The second-order valence-electron chi connectivity index (χ2n) is 17.9. The van der Waals surface area contributed by atoms with Gasteiger partial charge >= 0.3 is 0 Å². The normalized spacial score (nSPS) is 16.1. The highest BCUT2D eigenvalue weighted by atomic mass is 32.1. The molecular formula is C58H39NSSi. The number of benzene rings is 9. The van der Waals surface area contributed by atoms with Crippen LogP contribution < -0.4 is 25.6 Å². The largest absolute Gasteiger partial charge is 0.310 e. The predicted molar refractivity (Wildman–Crippen MR) is 260 cm³/mol. The van der Waals surface area contributed by atoms with Gasteiger partial charge in [-0.1, -0.05) is 178 Å². The molecule has 1 aliphatic carbocycles. The Hall–Kier alpha value is -6.78. The van der Waals surface area contributed by atoms with Crippen LogP contribution >= 0.6 is 11.3 Å². The summed E-state index contributed by atoms with van der Waals surface area (Å²) in [5.41, 5.74) is 16.7. The van der Waals surface area contributed by atoms with E-state index >= 15 is 0 Å². The molecule has 0 fully saturated rings. The number of hydrogen-bond acceptors (Lipinski definition) is 2. The van der Waals surface area contributed by atoms with Gasteiger partial charge in [-0.3, -0.25) is 0 Å². The van der Waals surface area contributed by atoms with E-state index in [2.05, 4.69) is 219 Å². The summed E-state index contributed by atoms with van der Waals surface area (Å²) in [4.78, 5) is 2.63. The molecule has 0 saturated carbocycles. The van der Waals surface area contributed by atoms with Crippen LogP contribution in [-0.4, -0.2) is 8.07 Å². The minimum absolute atomic E-state index is 0.175. The fraction of sp³-hybridized carbons (Fsp3) is 0.0690. The number of hydrogen-bond donors (Lipinski definition) is 0. The second kappa shape index (κ2) is 11.7. The van der Waals surface area contributed by atoms with Gasteiger partial charge in [0.1, 0.15) is 0 Å². The molecule has 4 heterocycles. The molecule has 3 heteroatoms. The van der Waals surface area contributed by atoms with E-state index in [1.54, 1.807) is 0 Å². The lowest BCUT2D eigenvalue weighted by Gasteiger charge is -2.52. The molecule has 286 valence electrons. The number of fused-ring (bicyclic) bond motifs is 21. The molecule has 0 N–H and O–H groups in total. The summed E-state index contributed by atoms with van der Waals surface area (Å²) in [7, 11) is -2.67. The van der Waals surface area contributed by atoms with Crippen molar-refractivity contribution in [2.75, 3.05) is 4.90 Å². The third kappa shape index (κ3) is 3.98. The van der Waals surface area contributed by atoms with E-state index in [0.717, 1.165) is 0 Å². The van der Waals surface area contributed by atoms with Crippen LogP contribution in [0, 0.1) is 0 Å². The van der Waals surface area contributed by atoms with Crippen molar-refractivity contribution in [1.29, 1.82) is 0 Å². The van der Waals surface area contributed by atoms with Crippen molar-refractivity contribution in [1.82, 2.24) is 0 Å². The average molecular weight is 810 g/mol. The summed E-state index contributed by atoms with van der Waals surface area (Å²) in [6, 6.07) is 77.4. The molecule has 9 aromatic carbocycles. The average Bonchev–Trinajstić information content (AvgIpc) is 3.93. The highest BCUT2D eigenvalue weighted by Crippen LogP contribution is 2.63. The first-order valence-corrected chi connectivity index (χ1v) is 24.3. The molecule has 0 unspecified atom stereocenters. The quantitative estimate of drug-likeness (QED) is 0.149. The smallest absolute Gasteiger partial charge is 0.182 e. The van der Waals surface area contributed by atoms with Gasteiger partial charge < -0.3 is 4.90 Å². The van der Waals surface area contributed by atoms with Gasteiger partial charge in [-0.15, -0.1) is 11.3 Å². The number of thiophene rings is 1. The van der Waals surface area contributed by atoms with E-state index in [-0.39, 0.29) is 5.41 Å². The van der Waals surface area contributed by atoms with Gasteiger partial charge in [0.2, 0.25) is 0 Å². The summed E-state index contributed by atoms with van der Waals surface area (Å²) in [6.45, 7) is 4.83. The number of anilines is 3. The minimum atomic E-state index is -2.67. The lowest BCUT2D eigenvalue weighted by Crippen LogP contribution is -2.70. The van der Waals surface area contributed by atoms with Crippen LogP contribution in [0.15, 0.2) is 200 Å². The van der Waals surface area contributed by atoms with Crippen LogP contribution in [0.3, 0.4) is 0 Å². The molecule has 4 aliphatic rings. The van der Waals surface area contributed by atoms with Gasteiger partial charge in [0.25, 0.3) is 0 Å². The molecular weight excluding hydrogens is 771 g/mol. The van der Waals surface area contributed by atoms with Crippen molar-refractivity contribution in [3.63, 3.8) is 0 Å². The Balaban J connectivity index is 1.12. The fourth-order valence-corrected chi connectivity index (χ4v) is 19.3. The Morgan fingerprint density at radius 3 is 1.52 bits per heavy atom. The number of para-hydroxylation sites is 1. The van der Waals surface area contributed by atoms with E-state index in [0.29, 0.717) is 0 Å². The molecule has 10 aromatic rings. The third-order valence-electron chi connectivity index (χ3n) is 14.9. The highest BCUT2D eigenvalue weighted by molar-refractivity contribution is 7.26. The molecule has 1 aromatic heterocycles. The van der Waals surface area contributed by atoms with Crippen LogP contribution in [-0.2, 0) is 10.8 Å². The first-order chi connectivity index (χ1) is 30.0. The Morgan fingerprint density at radius 1 is 0.377 bits per heavy atom. The second-order valence-corrected chi connectivity index (χ2v) is 22.6. The maximum absolute atomic E-state index is 2.67. The van der Waals surface area contributed by atoms with Gasteiger partial charge in [0.05, 0.1) is 16.8 Å². The lowest BCUT2D eigenvalue weighted by atomic mass is 9.53. The van der Waals surface area contributed by atoms with Gasteiger partial charge in [0.15, 0.2) is 8.07 Å². The first kappa shape index (κ1) is 34.0. The summed E-state index contributed by atoms with van der Waals surface area (Å²) in [5, 5.41) is 8.65. The zero-order chi connectivity index (χ0) is 40.2. The Labute approximate surface area is 360 Å². The Bertz CT molecular complexity index is 3440. The van der Waals surface area contributed by atoms with Crippen molar-refractivity contribution < 1.29 is 0 Å². The van der Waals surface area contributed by atoms with Gasteiger partial charge in [0, 0.05) is 31.3 Å². The van der Waals surface area contributed by atoms with E-state index in [9.17, 15) is 0 Å². The first-order valence-electron chi connectivity index (χ1n) is 21.5. The van der Waals surface area contributed by atoms with Crippen LogP contribution in [0.4, 0.5) is 17.1 Å². The zero-order valence-electron chi connectivity index (χ0n) is 33.9. The van der Waals surface area contributed by atoms with Gasteiger partial charge in [-0.25, -0.2) is 0 Å². The zero-order valence-corrected chi connectivity index (χ0v) is 35.7. The van der Waals surface area contributed by atoms with Crippen molar-refractivity contribution in [3.05, 3.63) is 234 Å². The van der Waals surface area contributed by atoms with Gasteiger partial charge in [-0.05, 0) is 113 Å². The van der Waals surface area contributed by atoms with Gasteiger partial charge in [-0.2, -0.15) is 0 Å². The fourth-order valence-electron chi connectivity index (χ4n) is 12.6. The molecule has 0 bridgehead atoms. The Morgan fingerprint density at radius 2 is 0.885 bits per heavy atom. The molecule has 61 heavy (non-hydrogen) atoms. The van der Waals surface area contributed by atoms with Crippen molar-refractivity contribution in [2.45, 2.75) is 24.7 Å². The standard InChI is InChI=1S/C58H39NSSi/c1-57(2)43-21-7-9-23-45(43)58(46-24-10-8-22-44(46)57)47-25-11-12-26-49(47)59(50-35-52-42(34-48(50)58)37-17-3-13-27-51(37)60-52)36-31-32-41-40-20-6-16-30-55(40)61(56(41)33-36)53-28-14-4-18-38(53)39-19-5-15-29-54(39)61/h3-35H,1-2H3. The lowest BCUT2D eigenvalue weighted by molar-refractivity contribution is 0.557. The molecule has 0 saturated heterocycles. The number of nitrogens with zero attached hydrogens (tertiary/aromatic N) is 1. The van der Waals surface area contributed by atoms with Crippen LogP contribution in [0.2, 0.25) is 0 Å². The summed E-state index contributed by atoms with van der Waals surface area (Å²) in [5.74, 6) is 0. The summed E-state index contributed by atoms with van der Waals surface area (Å²) in [6.07, 6.45) is 0. The molecule has 0 atom stereocenters. The molecule has 14 rings (SSSR count). The molecule has 2 spiro atoms. The van der Waals surface area contributed by atoms with Crippen molar-refractivity contribution in [2.24, 2.45) is 0 Å². The van der Waals surface area contributed by atoms with Crippen molar-refractivity contribution >= 4 is 77.4 Å². The van der Waals surface area contributed by atoms with E-state index in [1.807, 2.05) is 11.3 Å². The van der Waals surface area contributed by atoms with Crippen LogP contribution in [0.5, 0.6) is 0 Å². The number of rotatable bonds is 1. The molecule has 1 nitrogen and oxygen atoms in total. The maximum Gasteiger partial charge on any atom is 0.182 e. The third-order valence-corrected chi connectivity index (χ3v) is 21.0. The summed E-state index contributed by atoms with van der Waals surface area (Å²) < 4.78 is 2.64. The topological polar surface area (TPSA) is 3.24 Å². The summed E-state index contributed by atoms with van der Waals surface area (Å²) >= 11 is 1.91. The molecule has 3 aliphatic heterocycles. The minimum Gasteiger partial charge on any atom is -0.310 e. The van der Waals surface area contributed by atoms with E-state index < -0.39 is 13.5 Å². The maximum atomic E-state index is 2.63. The SMILES string of the molecule is CC1(C)c2ccccc2C2(c3ccccc3N(c3ccc4c(c3)[Si]3(c5ccccc5-c5ccccc53)c3ccccc3-4)c3cc4sc5ccccc5c4cc32)c2ccccc21. The van der Waals surface area contributed by atoms with Crippen LogP contribution in [0.25, 0.3) is 42.4 Å². The van der Waals surface area contributed by atoms with Crippen molar-refractivity contribution in [3.8, 4) is 22.3 Å². The molecule has 0 amide bonds. The predicted octanol–water partition coefficient (Wildman–Crippen LogP) is 12.2. The highest BCUT2D eigenvalue weighted by Gasteiger charge is 2.56. The van der Waals surface area contributed by atoms with E-state index in [1.165, 1.54) is 114 Å². The van der Waals surface area contributed by atoms with E-state index in [4.69, 9.17) is 0 Å². The van der Waals surface area contributed by atoms with Crippen LogP contribution in [0.1, 0.15) is 47.2 Å². The monoisotopic (exact) mass is 809 g/mol. The molecule has 0 radical (unpaired) electrons.